The lowest BCUT2D eigenvalue weighted by molar-refractivity contribution is -0.142. The van der Waals surface area contributed by atoms with Gasteiger partial charge in [-0.2, -0.15) is 0 Å². The first-order valence-corrected chi connectivity index (χ1v) is 9.63. The maximum atomic E-state index is 12.4. The van der Waals surface area contributed by atoms with E-state index in [9.17, 15) is 4.79 Å². The van der Waals surface area contributed by atoms with Crippen LogP contribution in [0.4, 0.5) is 0 Å². The molecule has 0 heterocycles. The molecule has 2 rings (SSSR count). The molecular weight excluding hydrogens is 383 g/mol. The van der Waals surface area contributed by atoms with Crippen molar-refractivity contribution in [2.45, 2.75) is 19.9 Å². The van der Waals surface area contributed by atoms with Crippen LogP contribution in [0.2, 0.25) is 10.0 Å². The molecular formula is C21H24Cl2N2O2. The van der Waals surface area contributed by atoms with E-state index in [4.69, 9.17) is 32.9 Å². The molecule has 0 aromatic heterocycles. The van der Waals surface area contributed by atoms with E-state index in [2.05, 4.69) is 18.7 Å². The van der Waals surface area contributed by atoms with Crippen LogP contribution in [0.3, 0.4) is 0 Å². The summed E-state index contributed by atoms with van der Waals surface area (Å²) in [5.41, 5.74) is 2.44. The third kappa shape index (κ3) is 6.06. The minimum Gasteiger partial charge on any atom is -0.467 e. The highest BCUT2D eigenvalue weighted by Crippen LogP contribution is 2.18. The largest absolute Gasteiger partial charge is 0.467 e. The number of benzene rings is 2. The second-order valence-corrected chi connectivity index (χ2v) is 6.89. The Kier molecular flexibility index (Phi) is 8.29. The lowest BCUT2D eigenvalue weighted by Crippen LogP contribution is -2.37. The van der Waals surface area contributed by atoms with Gasteiger partial charge < -0.3 is 9.64 Å². The van der Waals surface area contributed by atoms with Crippen molar-refractivity contribution in [3.8, 4) is 0 Å². The second-order valence-electron chi connectivity index (χ2n) is 6.02. The molecule has 2 aromatic rings. The van der Waals surface area contributed by atoms with Gasteiger partial charge in [0.1, 0.15) is 0 Å². The zero-order valence-corrected chi connectivity index (χ0v) is 17.3. The number of aliphatic imine (C=N–C) groups is 1. The number of halogens is 2. The molecule has 1 unspecified atom stereocenters. The zero-order valence-electron chi connectivity index (χ0n) is 15.8. The summed E-state index contributed by atoms with van der Waals surface area (Å²) in [7, 11) is 1.39. The highest BCUT2D eigenvalue weighted by molar-refractivity contribution is 6.31. The number of nitrogens with zero attached hydrogens (tertiary/aromatic N) is 2. The Hall–Kier alpha value is -1.88. The molecule has 0 fully saturated rings. The fourth-order valence-electron chi connectivity index (χ4n) is 2.72. The lowest BCUT2D eigenvalue weighted by Gasteiger charge is -2.22. The molecule has 1 atom stereocenters. The lowest BCUT2D eigenvalue weighted by atomic mass is 10.0. The van der Waals surface area contributed by atoms with Crippen molar-refractivity contribution in [2.24, 2.45) is 4.99 Å². The number of carbonyl (C=O) groups is 1. The van der Waals surface area contributed by atoms with Crippen LogP contribution in [0, 0.1) is 0 Å². The van der Waals surface area contributed by atoms with Gasteiger partial charge in [-0.05, 0) is 37.4 Å². The molecule has 2 aromatic carbocycles. The second kappa shape index (κ2) is 10.5. The molecule has 4 nitrogen and oxygen atoms in total. The van der Waals surface area contributed by atoms with E-state index < -0.39 is 6.04 Å². The van der Waals surface area contributed by atoms with Crippen LogP contribution < -0.4 is 0 Å². The Balaban J connectivity index is 2.52. The summed E-state index contributed by atoms with van der Waals surface area (Å²) in [5.74, 6) is -0.359. The fraction of sp³-hybridized carbons (Fsp3) is 0.333. The van der Waals surface area contributed by atoms with E-state index >= 15 is 0 Å². The van der Waals surface area contributed by atoms with Crippen molar-refractivity contribution in [3.63, 3.8) is 0 Å². The van der Waals surface area contributed by atoms with E-state index in [0.29, 0.717) is 22.3 Å². The molecule has 0 aliphatic carbocycles. The van der Waals surface area contributed by atoms with Crippen LogP contribution in [0.5, 0.6) is 0 Å². The Labute approximate surface area is 170 Å². The van der Waals surface area contributed by atoms with Crippen molar-refractivity contribution < 1.29 is 9.53 Å². The first-order chi connectivity index (χ1) is 13.0. The highest BCUT2D eigenvalue weighted by atomic mass is 35.5. The molecule has 0 bridgehead atoms. The van der Waals surface area contributed by atoms with Gasteiger partial charge in [0.05, 0.1) is 12.8 Å². The molecule has 27 heavy (non-hydrogen) atoms. The SMILES string of the molecule is CCN(CC)CC(N=C(c1ccc(Cl)cc1)c1ccc(Cl)cc1)C(=O)OC. The average Bonchev–Trinajstić information content (AvgIpc) is 2.69. The molecule has 0 spiro atoms. The zero-order chi connectivity index (χ0) is 19.8. The van der Waals surface area contributed by atoms with Crippen molar-refractivity contribution in [2.75, 3.05) is 26.7 Å². The van der Waals surface area contributed by atoms with Crippen LogP contribution in [-0.4, -0.2) is 49.4 Å². The molecule has 0 aliphatic rings. The molecule has 144 valence electrons. The van der Waals surface area contributed by atoms with Gasteiger partial charge in [-0.1, -0.05) is 61.3 Å². The Morgan fingerprint density at radius 2 is 1.41 bits per heavy atom. The Morgan fingerprint density at radius 1 is 0.963 bits per heavy atom. The molecule has 0 saturated carbocycles. The quantitative estimate of drug-likeness (QED) is 0.470. The summed E-state index contributed by atoms with van der Waals surface area (Å²) in [6.45, 7) is 6.26. The van der Waals surface area contributed by atoms with Gasteiger partial charge >= 0.3 is 5.97 Å². The van der Waals surface area contributed by atoms with Gasteiger partial charge in [-0.3, -0.25) is 4.99 Å². The smallest absolute Gasteiger partial charge is 0.331 e. The molecule has 0 amide bonds. The molecule has 0 N–H and O–H groups in total. The monoisotopic (exact) mass is 406 g/mol. The number of methoxy groups -OCH3 is 1. The van der Waals surface area contributed by atoms with E-state index in [-0.39, 0.29) is 5.97 Å². The van der Waals surface area contributed by atoms with Gasteiger partial charge in [0.2, 0.25) is 0 Å². The van der Waals surface area contributed by atoms with Crippen LogP contribution in [0.15, 0.2) is 53.5 Å². The summed E-state index contributed by atoms with van der Waals surface area (Å²) in [6, 6.07) is 14.2. The number of rotatable bonds is 8. The number of hydrogen-bond acceptors (Lipinski definition) is 4. The predicted molar refractivity (Wildman–Crippen MR) is 112 cm³/mol. The van der Waals surface area contributed by atoms with Crippen molar-refractivity contribution in [1.29, 1.82) is 0 Å². The van der Waals surface area contributed by atoms with Crippen molar-refractivity contribution >= 4 is 34.9 Å². The van der Waals surface area contributed by atoms with Gasteiger partial charge in [0.25, 0.3) is 0 Å². The molecule has 6 heteroatoms. The normalized spacial score (nSPS) is 11.9. The van der Waals surface area contributed by atoms with E-state index in [1.165, 1.54) is 7.11 Å². The molecule has 0 saturated heterocycles. The van der Waals surface area contributed by atoms with Crippen LogP contribution in [0.25, 0.3) is 0 Å². The Morgan fingerprint density at radius 3 is 1.78 bits per heavy atom. The predicted octanol–water partition coefficient (Wildman–Crippen LogP) is 4.71. The van der Waals surface area contributed by atoms with Crippen LogP contribution >= 0.6 is 23.2 Å². The number of hydrogen-bond donors (Lipinski definition) is 0. The van der Waals surface area contributed by atoms with Gasteiger partial charge in [0, 0.05) is 27.7 Å². The van der Waals surface area contributed by atoms with Crippen molar-refractivity contribution in [1.82, 2.24) is 4.90 Å². The van der Waals surface area contributed by atoms with Crippen molar-refractivity contribution in [3.05, 3.63) is 69.7 Å². The van der Waals surface area contributed by atoms with E-state index in [1.807, 2.05) is 24.3 Å². The third-order valence-electron chi connectivity index (χ3n) is 4.32. The van der Waals surface area contributed by atoms with Crippen LogP contribution in [-0.2, 0) is 9.53 Å². The summed E-state index contributed by atoms with van der Waals surface area (Å²) < 4.78 is 5.00. The minimum atomic E-state index is -0.628. The number of esters is 1. The first-order valence-electron chi connectivity index (χ1n) is 8.88. The maximum absolute atomic E-state index is 12.4. The highest BCUT2D eigenvalue weighted by Gasteiger charge is 2.22. The summed E-state index contributed by atoms with van der Waals surface area (Å²) >= 11 is 12.1. The van der Waals surface area contributed by atoms with E-state index in [1.54, 1.807) is 24.3 Å². The van der Waals surface area contributed by atoms with Gasteiger partial charge in [-0.25, -0.2) is 4.79 Å². The van der Waals surface area contributed by atoms with E-state index in [0.717, 1.165) is 24.2 Å². The number of likely N-dealkylation sites (N-methyl/N-ethyl adjacent to an activating group) is 1. The molecule has 0 aliphatic heterocycles. The fourth-order valence-corrected chi connectivity index (χ4v) is 2.97. The Bertz CT molecular complexity index is 722. The number of ether oxygens (including phenoxy) is 1. The minimum absolute atomic E-state index is 0.359. The van der Waals surface area contributed by atoms with Gasteiger partial charge in [-0.15, -0.1) is 0 Å². The number of carbonyl (C=O) groups excluding carboxylic acids is 1. The average molecular weight is 407 g/mol. The van der Waals surface area contributed by atoms with Crippen LogP contribution in [0.1, 0.15) is 25.0 Å². The maximum Gasteiger partial charge on any atom is 0.331 e. The first kappa shape index (κ1) is 21.4. The third-order valence-corrected chi connectivity index (χ3v) is 4.82. The molecule has 0 radical (unpaired) electrons. The summed E-state index contributed by atoms with van der Waals surface area (Å²) in [5, 5.41) is 1.28. The summed E-state index contributed by atoms with van der Waals surface area (Å²) in [4.78, 5) is 19.3. The summed E-state index contributed by atoms with van der Waals surface area (Å²) in [6.07, 6.45) is 0. The topological polar surface area (TPSA) is 41.9 Å². The standard InChI is InChI=1S/C21H24Cl2N2O2/c1-4-25(5-2)14-19(21(26)27-3)24-20(15-6-10-17(22)11-7-15)16-8-12-18(23)13-9-16/h6-13,19H,4-5,14H2,1-3H3. The van der Waals surface area contributed by atoms with Gasteiger partial charge in [0.15, 0.2) is 6.04 Å².